The minimum atomic E-state index is 0.153. The Morgan fingerprint density at radius 1 is 1.08 bits per heavy atom. The van der Waals surface area contributed by atoms with Crippen molar-refractivity contribution < 1.29 is 4.79 Å². The summed E-state index contributed by atoms with van der Waals surface area (Å²) >= 11 is 0. The molecule has 1 aliphatic rings. The van der Waals surface area contributed by atoms with Crippen molar-refractivity contribution in [3.8, 4) is 0 Å². The van der Waals surface area contributed by atoms with Gasteiger partial charge in [0.05, 0.1) is 0 Å². The van der Waals surface area contributed by atoms with Gasteiger partial charge in [-0.3, -0.25) is 4.79 Å². The highest BCUT2D eigenvalue weighted by molar-refractivity contribution is 5.94. The Bertz CT molecular complexity index is 909. The lowest BCUT2D eigenvalue weighted by molar-refractivity contribution is 0.0790. The molecule has 0 bridgehead atoms. The molecular weight excluding hydrogens is 296 g/mol. The molecule has 1 aromatic heterocycles. The molecule has 1 aliphatic heterocycles. The molecule has 0 radical (unpaired) electrons. The molecule has 2 heterocycles. The zero-order valence-electron chi connectivity index (χ0n) is 14.2. The molecule has 0 spiro atoms. The highest BCUT2D eigenvalue weighted by Crippen LogP contribution is 2.31. The Morgan fingerprint density at radius 2 is 1.92 bits per heavy atom. The SMILES string of the molecule is Cc1cccc(C(=O)N2CCC(c3cc4ccccc4n3C)C2)c1. The minimum absolute atomic E-state index is 0.153. The second-order valence-corrected chi connectivity index (χ2v) is 6.79. The fourth-order valence-electron chi connectivity index (χ4n) is 3.85. The van der Waals surface area contributed by atoms with Crippen LogP contribution < -0.4 is 0 Å². The number of aryl methyl sites for hydroxylation is 2. The van der Waals surface area contributed by atoms with E-state index in [2.05, 4.69) is 41.9 Å². The fraction of sp³-hybridized carbons (Fsp3) is 0.286. The van der Waals surface area contributed by atoms with Gasteiger partial charge in [-0.1, -0.05) is 35.9 Å². The molecular formula is C21H22N2O. The maximum Gasteiger partial charge on any atom is 0.253 e. The summed E-state index contributed by atoms with van der Waals surface area (Å²) in [6.07, 6.45) is 1.03. The second-order valence-electron chi connectivity index (χ2n) is 6.79. The number of likely N-dealkylation sites (tertiary alicyclic amines) is 1. The smallest absolute Gasteiger partial charge is 0.253 e. The number of rotatable bonds is 2. The third kappa shape index (κ3) is 2.50. The summed E-state index contributed by atoms with van der Waals surface area (Å²) in [6, 6.07) is 18.6. The molecule has 3 aromatic rings. The average molecular weight is 318 g/mol. The van der Waals surface area contributed by atoms with Gasteiger partial charge in [0.1, 0.15) is 0 Å². The van der Waals surface area contributed by atoms with Gasteiger partial charge in [0, 0.05) is 42.8 Å². The number of hydrogen-bond acceptors (Lipinski definition) is 1. The van der Waals surface area contributed by atoms with Crippen LogP contribution in [-0.4, -0.2) is 28.5 Å². The van der Waals surface area contributed by atoms with Crippen LogP contribution in [0.15, 0.2) is 54.6 Å². The Hall–Kier alpha value is -2.55. The Balaban J connectivity index is 1.57. The van der Waals surface area contributed by atoms with Crippen LogP contribution in [0.2, 0.25) is 0 Å². The third-order valence-corrected chi connectivity index (χ3v) is 5.15. The van der Waals surface area contributed by atoms with Gasteiger partial charge in [0.15, 0.2) is 0 Å². The van der Waals surface area contributed by atoms with E-state index in [1.807, 2.05) is 36.1 Å². The van der Waals surface area contributed by atoms with E-state index in [9.17, 15) is 4.79 Å². The van der Waals surface area contributed by atoms with Crippen LogP contribution in [0.4, 0.5) is 0 Å². The minimum Gasteiger partial charge on any atom is -0.347 e. The highest BCUT2D eigenvalue weighted by atomic mass is 16.2. The van der Waals surface area contributed by atoms with Crippen LogP contribution >= 0.6 is 0 Å². The standard InChI is InChI=1S/C21H22N2O/c1-15-6-5-8-17(12-15)21(24)23-11-10-18(14-23)20-13-16-7-3-4-9-19(16)22(20)2/h3-9,12-13,18H,10-11,14H2,1-2H3. The molecule has 1 amide bonds. The Kier molecular flexibility index (Phi) is 3.64. The molecule has 4 rings (SSSR count). The Labute approximate surface area is 142 Å². The average Bonchev–Trinajstić information content (AvgIpc) is 3.20. The van der Waals surface area contributed by atoms with Crippen molar-refractivity contribution in [2.24, 2.45) is 7.05 Å². The summed E-state index contributed by atoms with van der Waals surface area (Å²) in [6.45, 7) is 3.66. The number of fused-ring (bicyclic) bond motifs is 1. The van der Waals surface area contributed by atoms with Crippen LogP contribution in [0.1, 0.15) is 34.0 Å². The van der Waals surface area contributed by atoms with Crippen molar-refractivity contribution in [1.29, 1.82) is 0 Å². The van der Waals surface area contributed by atoms with Crippen molar-refractivity contribution in [3.63, 3.8) is 0 Å². The molecule has 1 saturated heterocycles. The summed E-state index contributed by atoms with van der Waals surface area (Å²) in [7, 11) is 2.13. The van der Waals surface area contributed by atoms with E-state index in [0.29, 0.717) is 5.92 Å². The molecule has 3 heteroatoms. The molecule has 1 unspecified atom stereocenters. The van der Waals surface area contributed by atoms with Crippen molar-refractivity contribution in [1.82, 2.24) is 9.47 Å². The zero-order chi connectivity index (χ0) is 16.7. The van der Waals surface area contributed by atoms with Crippen molar-refractivity contribution in [2.45, 2.75) is 19.3 Å². The first-order chi connectivity index (χ1) is 11.6. The zero-order valence-corrected chi connectivity index (χ0v) is 14.2. The van der Waals surface area contributed by atoms with Crippen LogP contribution in [0.3, 0.4) is 0 Å². The molecule has 3 nitrogen and oxygen atoms in total. The number of para-hydroxylation sites is 1. The maximum absolute atomic E-state index is 12.8. The number of carbonyl (C=O) groups excluding carboxylic acids is 1. The molecule has 122 valence electrons. The van der Waals surface area contributed by atoms with E-state index in [1.54, 1.807) is 0 Å². The molecule has 0 aliphatic carbocycles. The first-order valence-electron chi connectivity index (χ1n) is 8.54. The number of carbonyl (C=O) groups is 1. The summed E-state index contributed by atoms with van der Waals surface area (Å²) in [4.78, 5) is 14.7. The van der Waals surface area contributed by atoms with E-state index < -0.39 is 0 Å². The predicted octanol–water partition coefficient (Wildman–Crippen LogP) is 4.12. The quantitative estimate of drug-likeness (QED) is 0.698. The number of hydrogen-bond donors (Lipinski definition) is 0. The fourth-order valence-corrected chi connectivity index (χ4v) is 3.85. The van der Waals surface area contributed by atoms with Crippen molar-refractivity contribution in [2.75, 3.05) is 13.1 Å². The lowest BCUT2D eigenvalue weighted by Crippen LogP contribution is -2.28. The van der Waals surface area contributed by atoms with Crippen LogP contribution in [0.5, 0.6) is 0 Å². The van der Waals surface area contributed by atoms with E-state index in [4.69, 9.17) is 0 Å². The lowest BCUT2D eigenvalue weighted by Gasteiger charge is -2.17. The molecule has 1 fully saturated rings. The monoisotopic (exact) mass is 318 g/mol. The van der Waals surface area contributed by atoms with Gasteiger partial charge >= 0.3 is 0 Å². The first-order valence-corrected chi connectivity index (χ1v) is 8.54. The molecule has 24 heavy (non-hydrogen) atoms. The highest BCUT2D eigenvalue weighted by Gasteiger charge is 2.29. The van der Waals surface area contributed by atoms with E-state index in [1.165, 1.54) is 16.6 Å². The molecule has 1 atom stereocenters. The second kappa shape index (κ2) is 5.82. The van der Waals surface area contributed by atoms with Gasteiger partial charge in [-0.15, -0.1) is 0 Å². The van der Waals surface area contributed by atoms with E-state index in [0.717, 1.165) is 30.6 Å². The normalized spacial score (nSPS) is 17.6. The summed E-state index contributed by atoms with van der Waals surface area (Å²) in [5.74, 6) is 0.566. The van der Waals surface area contributed by atoms with Gasteiger partial charge in [-0.25, -0.2) is 0 Å². The number of benzene rings is 2. The number of nitrogens with zero attached hydrogens (tertiary/aromatic N) is 2. The van der Waals surface area contributed by atoms with Gasteiger partial charge in [-0.2, -0.15) is 0 Å². The van der Waals surface area contributed by atoms with E-state index in [-0.39, 0.29) is 5.91 Å². The molecule has 2 aromatic carbocycles. The lowest BCUT2D eigenvalue weighted by atomic mass is 10.0. The molecule has 0 saturated carbocycles. The number of aromatic nitrogens is 1. The number of amides is 1. The Morgan fingerprint density at radius 3 is 2.71 bits per heavy atom. The van der Waals surface area contributed by atoms with Crippen molar-refractivity contribution >= 4 is 16.8 Å². The van der Waals surface area contributed by atoms with Gasteiger partial charge in [0.25, 0.3) is 5.91 Å². The van der Waals surface area contributed by atoms with Crippen LogP contribution in [-0.2, 0) is 7.05 Å². The van der Waals surface area contributed by atoms with E-state index >= 15 is 0 Å². The van der Waals surface area contributed by atoms with Gasteiger partial charge in [-0.05, 0) is 43.0 Å². The molecule has 0 N–H and O–H groups in total. The third-order valence-electron chi connectivity index (χ3n) is 5.15. The van der Waals surface area contributed by atoms with Crippen molar-refractivity contribution in [3.05, 3.63) is 71.4 Å². The van der Waals surface area contributed by atoms with Crippen LogP contribution in [0.25, 0.3) is 10.9 Å². The van der Waals surface area contributed by atoms with Gasteiger partial charge < -0.3 is 9.47 Å². The first kappa shape index (κ1) is 15.0. The maximum atomic E-state index is 12.8. The largest absolute Gasteiger partial charge is 0.347 e. The summed E-state index contributed by atoms with van der Waals surface area (Å²) in [5.41, 5.74) is 4.52. The predicted molar refractivity (Wildman–Crippen MR) is 97.4 cm³/mol. The topological polar surface area (TPSA) is 25.2 Å². The van der Waals surface area contributed by atoms with Crippen LogP contribution in [0, 0.1) is 6.92 Å². The summed E-state index contributed by atoms with van der Waals surface area (Å²) in [5, 5.41) is 1.28. The summed E-state index contributed by atoms with van der Waals surface area (Å²) < 4.78 is 2.28. The van der Waals surface area contributed by atoms with Gasteiger partial charge in [0.2, 0.25) is 0 Å².